The van der Waals surface area contributed by atoms with Crippen LogP contribution in [0.4, 0.5) is 0 Å². The molecule has 0 aliphatic heterocycles. The zero-order chi connectivity index (χ0) is 14.0. The van der Waals surface area contributed by atoms with Gasteiger partial charge in [0.05, 0.1) is 5.56 Å². The van der Waals surface area contributed by atoms with Gasteiger partial charge in [-0.2, -0.15) is 5.26 Å². The molecule has 0 amide bonds. The van der Waals surface area contributed by atoms with Gasteiger partial charge in [0.15, 0.2) is 5.16 Å². The number of benzene rings is 1. The Balaban J connectivity index is 2.35. The molecule has 1 heterocycles. The molecule has 19 heavy (non-hydrogen) atoms. The number of nitrogens with one attached hydrogen (secondary N) is 1. The molecule has 1 N–H and O–H groups in total. The van der Waals surface area contributed by atoms with Crippen LogP contribution in [0.2, 0.25) is 0 Å². The summed E-state index contributed by atoms with van der Waals surface area (Å²) in [6.45, 7) is 3.85. The van der Waals surface area contributed by atoms with Crippen LogP contribution in [0.5, 0.6) is 0 Å². The van der Waals surface area contributed by atoms with Gasteiger partial charge in [-0.3, -0.25) is 4.57 Å². The van der Waals surface area contributed by atoms with Crippen molar-refractivity contribution in [3.63, 3.8) is 0 Å². The van der Waals surface area contributed by atoms with E-state index < -0.39 is 0 Å². The lowest BCUT2D eigenvalue weighted by molar-refractivity contribution is 0.534. The lowest BCUT2D eigenvalue weighted by Gasteiger charge is -2.08. The topological polar surface area (TPSA) is 74.5 Å². The smallest absolute Gasteiger partial charge is 0.267 e. The Labute approximate surface area is 122 Å². The number of nitrogens with zero attached hydrogens (tertiary/aromatic N) is 3. The average molecular weight is 339 g/mol. The van der Waals surface area contributed by atoms with Gasteiger partial charge in [0, 0.05) is 15.4 Å². The first kappa shape index (κ1) is 13.9. The third-order valence-electron chi connectivity index (χ3n) is 2.46. The second kappa shape index (κ2) is 5.63. The van der Waals surface area contributed by atoms with Crippen LogP contribution in [0.3, 0.4) is 0 Å². The van der Waals surface area contributed by atoms with Crippen LogP contribution in [0.15, 0.2) is 37.5 Å². The van der Waals surface area contributed by atoms with Crippen LogP contribution in [-0.2, 0) is 0 Å². The lowest BCUT2D eigenvalue weighted by atomic mass is 10.2. The van der Waals surface area contributed by atoms with E-state index in [9.17, 15) is 4.79 Å². The molecular formula is C12H11BrN4OS. The molecule has 0 saturated heterocycles. The van der Waals surface area contributed by atoms with Gasteiger partial charge in [-0.25, -0.2) is 9.89 Å². The van der Waals surface area contributed by atoms with Gasteiger partial charge < -0.3 is 0 Å². The van der Waals surface area contributed by atoms with Crippen molar-refractivity contribution in [2.24, 2.45) is 0 Å². The van der Waals surface area contributed by atoms with E-state index in [-0.39, 0.29) is 11.7 Å². The fourth-order valence-electron chi connectivity index (χ4n) is 1.57. The second-order valence-corrected chi connectivity index (χ2v) is 6.03. The van der Waals surface area contributed by atoms with Crippen molar-refractivity contribution >= 4 is 27.7 Å². The maximum Gasteiger partial charge on any atom is 0.344 e. The van der Waals surface area contributed by atoms with Gasteiger partial charge in [-0.1, -0.05) is 0 Å². The van der Waals surface area contributed by atoms with Crippen molar-refractivity contribution in [1.82, 2.24) is 14.8 Å². The number of hydrogen-bond acceptors (Lipinski definition) is 4. The number of hydrogen-bond donors (Lipinski definition) is 1. The molecular weight excluding hydrogens is 328 g/mol. The number of nitriles is 1. The summed E-state index contributed by atoms with van der Waals surface area (Å²) >= 11 is 4.72. The molecule has 0 unspecified atom stereocenters. The van der Waals surface area contributed by atoms with Crippen molar-refractivity contribution in [1.29, 1.82) is 5.26 Å². The first-order chi connectivity index (χ1) is 9.02. The van der Waals surface area contributed by atoms with Crippen molar-refractivity contribution in [3.8, 4) is 6.07 Å². The molecule has 7 heteroatoms. The molecule has 2 aromatic rings. The molecule has 0 aliphatic rings. The van der Waals surface area contributed by atoms with Gasteiger partial charge in [-0.15, -0.1) is 5.10 Å². The lowest BCUT2D eigenvalue weighted by Crippen LogP contribution is -2.19. The molecule has 0 radical (unpaired) electrons. The predicted octanol–water partition coefficient (Wildman–Crippen LogP) is 2.94. The first-order valence-electron chi connectivity index (χ1n) is 5.57. The summed E-state index contributed by atoms with van der Waals surface area (Å²) < 4.78 is 2.32. The van der Waals surface area contributed by atoms with Crippen LogP contribution in [-0.4, -0.2) is 14.8 Å². The summed E-state index contributed by atoms with van der Waals surface area (Å²) in [4.78, 5) is 12.5. The van der Waals surface area contributed by atoms with E-state index in [1.807, 2.05) is 26.0 Å². The highest BCUT2D eigenvalue weighted by atomic mass is 79.9. The van der Waals surface area contributed by atoms with Crippen molar-refractivity contribution in [2.75, 3.05) is 0 Å². The number of aromatic amines is 1. The van der Waals surface area contributed by atoms with Crippen LogP contribution in [0, 0.1) is 11.3 Å². The van der Waals surface area contributed by atoms with Crippen molar-refractivity contribution < 1.29 is 0 Å². The molecule has 2 rings (SSSR count). The van der Waals surface area contributed by atoms with E-state index in [2.05, 4.69) is 32.2 Å². The molecule has 5 nitrogen and oxygen atoms in total. The summed E-state index contributed by atoms with van der Waals surface area (Å²) in [6, 6.07) is 7.53. The predicted molar refractivity (Wildman–Crippen MR) is 76.2 cm³/mol. The molecule has 1 aromatic heterocycles. The molecule has 0 saturated carbocycles. The summed E-state index contributed by atoms with van der Waals surface area (Å²) in [6.07, 6.45) is 0. The summed E-state index contributed by atoms with van der Waals surface area (Å²) in [5.41, 5.74) is 0.359. The van der Waals surface area contributed by atoms with Crippen molar-refractivity contribution in [3.05, 3.63) is 38.7 Å². The summed E-state index contributed by atoms with van der Waals surface area (Å²) in [5.74, 6) is 0. The van der Waals surface area contributed by atoms with Gasteiger partial charge in [-0.05, 0) is 59.7 Å². The van der Waals surface area contributed by atoms with Gasteiger partial charge in [0.1, 0.15) is 6.07 Å². The minimum absolute atomic E-state index is 0.0376. The normalized spacial score (nSPS) is 10.7. The fourth-order valence-corrected chi connectivity index (χ4v) is 3.20. The Morgan fingerprint density at radius 2 is 2.26 bits per heavy atom. The number of H-pyrrole nitrogens is 1. The standard InChI is InChI=1S/C12H11BrN4OS/c1-7(2)17-11(18)15-16-12(17)19-9-4-3-8(6-14)10(13)5-9/h3-5,7H,1-2H3,(H,15,18). The van der Waals surface area contributed by atoms with Crippen LogP contribution < -0.4 is 5.69 Å². The highest BCUT2D eigenvalue weighted by Crippen LogP contribution is 2.30. The monoisotopic (exact) mass is 338 g/mol. The second-order valence-electron chi connectivity index (χ2n) is 4.13. The number of halogens is 1. The Bertz CT molecular complexity index is 698. The molecule has 0 aliphatic carbocycles. The Morgan fingerprint density at radius 3 is 2.84 bits per heavy atom. The Hall–Kier alpha value is -1.52. The van der Waals surface area contributed by atoms with Crippen molar-refractivity contribution in [2.45, 2.75) is 29.9 Å². The van der Waals surface area contributed by atoms with Gasteiger partial charge >= 0.3 is 5.69 Å². The Morgan fingerprint density at radius 1 is 1.53 bits per heavy atom. The largest absolute Gasteiger partial charge is 0.344 e. The maximum absolute atomic E-state index is 11.6. The van der Waals surface area contributed by atoms with E-state index in [1.165, 1.54) is 11.8 Å². The van der Waals surface area contributed by atoms with Gasteiger partial charge in [0.2, 0.25) is 0 Å². The molecule has 0 atom stereocenters. The van der Waals surface area contributed by atoms with Crippen LogP contribution in [0.25, 0.3) is 0 Å². The molecule has 0 bridgehead atoms. The maximum atomic E-state index is 11.6. The van der Waals surface area contributed by atoms with Crippen LogP contribution >= 0.6 is 27.7 Å². The van der Waals surface area contributed by atoms with E-state index in [1.54, 1.807) is 10.6 Å². The quantitative estimate of drug-likeness (QED) is 0.933. The number of aromatic nitrogens is 3. The average Bonchev–Trinajstić information content (AvgIpc) is 2.70. The fraction of sp³-hybridized carbons (Fsp3) is 0.250. The zero-order valence-electron chi connectivity index (χ0n) is 10.3. The molecule has 1 aromatic carbocycles. The summed E-state index contributed by atoms with van der Waals surface area (Å²) in [5, 5.41) is 15.9. The first-order valence-corrected chi connectivity index (χ1v) is 7.18. The highest BCUT2D eigenvalue weighted by Gasteiger charge is 2.13. The third-order valence-corrected chi connectivity index (χ3v) is 4.07. The molecule has 98 valence electrons. The Kier molecular flexibility index (Phi) is 4.12. The molecule has 0 spiro atoms. The molecule has 0 fully saturated rings. The SMILES string of the molecule is CC(C)n1c(Sc2ccc(C#N)c(Br)c2)n[nH]c1=O. The third kappa shape index (κ3) is 2.91. The van der Waals surface area contributed by atoms with Gasteiger partial charge in [0.25, 0.3) is 0 Å². The minimum Gasteiger partial charge on any atom is -0.267 e. The van der Waals surface area contributed by atoms with Crippen LogP contribution in [0.1, 0.15) is 25.5 Å². The van der Waals surface area contributed by atoms with E-state index in [0.29, 0.717) is 10.7 Å². The van der Waals surface area contributed by atoms with E-state index in [4.69, 9.17) is 5.26 Å². The zero-order valence-corrected chi connectivity index (χ0v) is 12.7. The summed E-state index contributed by atoms with van der Waals surface area (Å²) in [7, 11) is 0. The van der Waals surface area contributed by atoms with E-state index >= 15 is 0 Å². The van der Waals surface area contributed by atoms with E-state index in [0.717, 1.165) is 9.37 Å². The minimum atomic E-state index is -0.217. The number of rotatable bonds is 3. The highest BCUT2D eigenvalue weighted by molar-refractivity contribution is 9.10.